The fraction of sp³-hybridized carbons (Fsp3) is 0.208. The van der Waals surface area contributed by atoms with E-state index in [-0.39, 0.29) is 18.4 Å². The molecule has 3 N–H and O–H groups in total. The number of rotatable bonds is 7. The second-order valence-corrected chi connectivity index (χ2v) is 8.16. The third-order valence-electron chi connectivity index (χ3n) is 4.97. The van der Waals surface area contributed by atoms with Crippen LogP contribution in [0.4, 0.5) is 5.82 Å². The van der Waals surface area contributed by atoms with Crippen molar-refractivity contribution < 1.29 is 14.7 Å². The van der Waals surface area contributed by atoms with Crippen molar-refractivity contribution in [1.82, 2.24) is 10.3 Å². The van der Waals surface area contributed by atoms with Crippen LogP contribution in [0.1, 0.15) is 34.1 Å². The number of pyridine rings is 1. The van der Waals surface area contributed by atoms with Gasteiger partial charge in [0.1, 0.15) is 5.82 Å². The number of aryl methyl sites for hydroxylation is 1. The number of aliphatic hydroxyl groups is 1. The van der Waals surface area contributed by atoms with E-state index in [1.54, 1.807) is 35.7 Å². The van der Waals surface area contributed by atoms with Gasteiger partial charge in [0.05, 0.1) is 13.2 Å². The zero-order chi connectivity index (χ0) is 22.4. The maximum Gasteiger partial charge on any atom is 0.244 e. The van der Waals surface area contributed by atoms with E-state index in [0.717, 1.165) is 38.3 Å². The van der Waals surface area contributed by atoms with E-state index in [4.69, 9.17) is 0 Å². The van der Waals surface area contributed by atoms with Crippen LogP contribution in [-0.2, 0) is 22.7 Å². The number of aliphatic hydroxyl groups excluding tert-OH is 1. The van der Waals surface area contributed by atoms with Gasteiger partial charge in [0.15, 0.2) is 0 Å². The van der Waals surface area contributed by atoms with Crippen LogP contribution in [0.2, 0.25) is 0 Å². The van der Waals surface area contributed by atoms with Gasteiger partial charge in [-0.05, 0) is 76.9 Å². The Bertz CT molecular complexity index is 1120. The summed E-state index contributed by atoms with van der Waals surface area (Å²) in [5, 5.41) is 17.2. The Balaban J connectivity index is 1.65. The molecule has 0 atom stereocenters. The van der Waals surface area contributed by atoms with Crippen LogP contribution in [-0.4, -0.2) is 21.9 Å². The van der Waals surface area contributed by atoms with Crippen LogP contribution in [0.5, 0.6) is 0 Å². The first-order valence-electron chi connectivity index (χ1n) is 9.85. The summed E-state index contributed by atoms with van der Waals surface area (Å²) in [4.78, 5) is 28.5. The molecule has 0 fully saturated rings. The monoisotopic (exact) mass is 435 g/mol. The molecule has 3 rings (SSSR count). The molecule has 0 aliphatic heterocycles. The molecular weight excluding hydrogens is 410 g/mol. The highest BCUT2D eigenvalue weighted by Gasteiger charge is 2.13. The van der Waals surface area contributed by atoms with E-state index < -0.39 is 0 Å². The zero-order valence-electron chi connectivity index (χ0n) is 17.7. The molecule has 0 aliphatic carbocycles. The lowest BCUT2D eigenvalue weighted by Crippen LogP contribution is -2.20. The van der Waals surface area contributed by atoms with E-state index in [0.29, 0.717) is 12.4 Å². The predicted molar refractivity (Wildman–Crippen MR) is 125 cm³/mol. The molecule has 0 radical (unpaired) electrons. The molecule has 0 saturated heterocycles. The SMILES string of the molecule is CC(=O)Nc1ccc(/C=C/C(=O)NCc2sccc2-c2ccc(C)c(CO)c2C)cn1. The summed E-state index contributed by atoms with van der Waals surface area (Å²) in [5.41, 5.74) is 5.97. The number of hydrogen-bond donors (Lipinski definition) is 3. The molecule has 0 aliphatic rings. The van der Waals surface area contributed by atoms with Gasteiger partial charge < -0.3 is 15.7 Å². The number of nitrogens with zero attached hydrogens (tertiary/aromatic N) is 1. The highest BCUT2D eigenvalue weighted by molar-refractivity contribution is 7.10. The van der Waals surface area contributed by atoms with Gasteiger partial charge in [0.2, 0.25) is 11.8 Å². The molecule has 1 aromatic carbocycles. The molecule has 0 saturated carbocycles. The lowest BCUT2D eigenvalue weighted by atomic mass is 9.94. The first-order valence-corrected chi connectivity index (χ1v) is 10.7. The summed E-state index contributed by atoms with van der Waals surface area (Å²) < 4.78 is 0. The average Bonchev–Trinajstić information content (AvgIpc) is 3.20. The molecule has 160 valence electrons. The van der Waals surface area contributed by atoms with Gasteiger partial charge in [-0.2, -0.15) is 0 Å². The molecule has 7 heteroatoms. The number of carbonyl (C=O) groups is 2. The fourth-order valence-electron chi connectivity index (χ4n) is 3.30. The summed E-state index contributed by atoms with van der Waals surface area (Å²) in [6.45, 7) is 5.85. The largest absolute Gasteiger partial charge is 0.392 e. The maximum atomic E-state index is 12.3. The summed E-state index contributed by atoms with van der Waals surface area (Å²) >= 11 is 1.59. The van der Waals surface area contributed by atoms with Gasteiger partial charge in [0.25, 0.3) is 0 Å². The van der Waals surface area contributed by atoms with Crippen LogP contribution in [0.25, 0.3) is 17.2 Å². The number of anilines is 1. The minimum Gasteiger partial charge on any atom is -0.392 e. The van der Waals surface area contributed by atoms with Gasteiger partial charge >= 0.3 is 0 Å². The van der Waals surface area contributed by atoms with E-state index in [1.807, 2.05) is 31.4 Å². The van der Waals surface area contributed by atoms with Crippen molar-refractivity contribution >= 4 is 35.0 Å². The molecule has 0 bridgehead atoms. The third-order valence-corrected chi connectivity index (χ3v) is 5.89. The van der Waals surface area contributed by atoms with Crippen LogP contribution in [0.15, 0.2) is 48.0 Å². The van der Waals surface area contributed by atoms with Crippen molar-refractivity contribution in [2.24, 2.45) is 0 Å². The number of thiophene rings is 1. The van der Waals surface area contributed by atoms with Gasteiger partial charge in [-0.1, -0.05) is 12.1 Å². The molecule has 6 nitrogen and oxygen atoms in total. The van der Waals surface area contributed by atoms with Crippen molar-refractivity contribution in [1.29, 1.82) is 0 Å². The molecule has 0 spiro atoms. The Hall–Kier alpha value is -3.29. The van der Waals surface area contributed by atoms with Crippen molar-refractivity contribution in [3.63, 3.8) is 0 Å². The smallest absolute Gasteiger partial charge is 0.244 e. The number of amides is 2. The Morgan fingerprint density at radius 3 is 2.61 bits per heavy atom. The third kappa shape index (κ3) is 5.65. The first-order chi connectivity index (χ1) is 14.9. The Morgan fingerprint density at radius 1 is 1.13 bits per heavy atom. The number of carbonyl (C=O) groups excluding carboxylic acids is 2. The molecule has 2 heterocycles. The van der Waals surface area contributed by atoms with Crippen molar-refractivity contribution in [3.05, 3.63) is 75.1 Å². The van der Waals surface area contributed by atoms with Crippen molar-refractivity contribution in [2.45, 2.75) is 33.9 Å². The van der Waals surface area contributed by atoms with E-state index in [1.165, 1.54) is 13.0 Å². The Labute approximate surface area is 185 Å². The van der Waals surface area contributed by atoms with Crippen molar-refractivity contribution in [3.8, 4) is 11.1 Å². The normalized spacial score (nSPS) is 11.0. The average molecular weight is 436 g/mol. The lowest BCUT2D eigenvalue weighted by Gasteiger charge is -2.13. The van der Waals surface area contributed by atoms with Gasteiger partial charge in [-0.25, -0.2) is 4.98 Å². The first kappa shape index (κ1) is 22.4. The second-order valence-electron chi connectivity index (χ2n) is 7.16. The molecule has 31 heavy (non-hydrogen) atoms. The zero-order valence-corrected chi connectivity index (χ0v) is 18.5. The summed E-state index contributed by atoms with van der Waals surface area (Å²) in [6.07, 6.45) is 4.72. The van der Waals surface area contributed by atoms with Crippen LogP contribution < -0.4 is 10.6 Å². The topological polar surface area (TPSA) is 91.3 Å². The molecule has 0 unspecified atom stereocenters. The highest BCUT2D eigenvalue weighted by Crippen LogP contribution is 2.33. The second kappa shape index (κ2) is 10.1. The van der Waals surface area contributed by atoms with Crippen LogP contribution in [0.3, 0.4) is 0 Å². The summed E-state index contributed by atoms with van der Waals surface area (Å²) in [6, 6.07) is 9.58. The molecule has 3 aromatic rings. The van der Waals surface area contributed by atoms with E-state index in [9.17, 15) is 14.7 Å². The highest BCUT2D eigenvalue weighted by atomic mass is 32.1. The van der Waals surface area contributed by atoms with E-state index >= 15 is 0 Å². The minimum absolute atomic E-state index is 0.00710. The van der Waals surface area contributed by atoms with Crippen molar-refractivity contribution in [2.75, 3.05) is 5.32 Å². The fourth-order valence-corrected chi connectivity index (χ4v) is 4.13. The lowest BCUT2D eigenvalue weighted by molar-refractivity contribution is -0.116. The Kier molecular flexibility index (Phi) is 7.33. The minimum atomic E-state index is -0.207. The van der Waals surface area contributed by atoms with Crippen LogP contribution >= 0.6 is 11.3 Å². The number of benzene rings is 1. The summed E-state index contributed by atoms with van der Waals surface area (Å²) in [5.74, 6) is 0.0774. The number of hydrogen-bond acceptors (Lipinski definition) is 5. The molecular formula is C24H25N3O3S. The van der Waals surface area contributed by atoms with E-state index in [2.05, 4.69) is 21.7 Å². The van der Waals surface area contributed by atoms with Gasteiger partial charge in [-0.15, -0.1) is 11.3 Å². The van der Waals surface area contributed by atoms with Crippen LogP contribution in [0, 0.1) is 13.8 Å². The summed E-state index contributed by atoms with van der Waals surface area (Å²) in [7, 11) is 0. The maximum absolute atomic E-state index is 12.3. The van der Waals surface area contributed by atoms with Gasteiger partial charge in [-0.3, -0.25) is 9.59 Å². The predicted octanol–water partition coefficient (Wildman–Crippen LogP) is 4.21. The Morgan fingerprint density at radius 2 is 1.94 bits per heavy atom. The standard InChI is InChI=1S/C24H25N3O3S/c1-15-4-7-19(16(2)21(15)14-28)20-10-11-31-22(20)13-26-24(30)9-6-18-5-8-23(25-12-18)27-17(3)29/h4-12,28H,13-14H2,1-3H3,(H,26,30)(H,25,27,29)/b9-6+. The quantitative estimate of drug-likeness (QED) is 0.485. The number of aromatic nitrogens is 1. The molecule has 2 amide bonds. The number of nitrogens with one attached hydrogen (secondary N) is 2. The molecule has 2 aromatic heterocycles. The van der Waals surface area contributed by atoms with Gasteiger partial charge in [0, 0.05) is 24.1 Å².